The number of carboxylic acids is 1. The first kappa shape index (κ1) is 16.2. The minimum absolute atomic E-state index is 0.0983. The highest BCUT2D eigenvalue weighted by molar-refractivity contribution is 5.77. The van der Waals surface area contributed by atoms with Crippen molar-refractivity contribution >= 4 is 17.9 Å². The Balaban J connectivity index is 3.95. The Morgan fingerprint density at radius 3 is 2.56 bits per heavy atom. The number of amides is 1. The van der Waals surface area contributed by atoms with E-state index in [1.807, 2.05) is 0 Å². The second-order valence-electron chi connectivity index (χ2n) is 3.76. The van der Waals surface area contributed by atoms with Crippen LogP contribution in [-0.2, 0) is 9.63 Å². The summed E-state index contributed by atoms with van der Waals surface area (Å²) in [7, 11) is 1.42. The summed E-state index contributed by atoms with van der Waals surface area (Å²) in [5.74, 6) is -0.933. The average molecular weight is 260 g/mol. The molecule has 5 N–H and O–H groups in total. The van der Waals surface area contributed by atoms with Crippen molar-refractivity contribution in [3.05, 3.63) is 0 Å². The van der Waals surface area contributed by atoms with Gasteiger partial charge >= 0.3 is 12.1 Å². The molecule has 1 unspecified atom stereocenters. The molecule has 0 aromatic carbocycles. The Morgan fingerprint density at radius 2 is 2.11 bits per heavy atom. The topological polar surface area (TPSA) is 129 Å². The predicted octanol–water partition coefficient (Wildman–Crippen LogP) is 0.139. The van der Waals surface area contributed by atoms with Crippen molar-refractivity contribution in [1.29, 1.82) is 5.41 Å². The minimum Gasteiger partial charge on any atom is -0.480 e. The highest BCUT2D eigenvalue weighted by Crippen LogP contribution is 2.03. The van der Waals surface area contributed by atoms with E-state index in [1.165, 1.54) is 14.0 Å². The van der Waals surface area contributed by atoms with E-state index in [-0.39, 0.29) is 5.84 Å². The number of carboxylic acid groups (broad SMARTS) is 1. The zero-order chi connectivity index (χ0) is 14.1. The molecule has 0 aromatic heterocycles. The van der Waals surface area contributed by atoms with Crippen LogP contribution in [0.1, 0.15) is 26.2 Å². The van der Waals surface area contributed by atoms with Crippen molar-refractivity contribution in [1.82, 2.24) is 10.4 Å². The Kier molecular flexibility index (Phi) is 7.45. The molecule has 0 spiro atoms. The molecule has 104 valence electrons. The van der Waals surface area contributed by atoms with Gasteiger partial charge in [0.25, 0.3) is 0 Å². The molecule has 1 amide bonds. The smallest absolute Gasteiger partial charge is 0.431 e. The van der Waals surface area contributed by atoms with Crippen molar-refractivity contribution in [3.8, 4) is 0 Å². The van der Waals surface area contributed by atoms with Gasteiger partial charge in [-0.1, -0.05) is 0 Å². The molecule has 0 saturated heterocycles. The number of aliphatic carboxylic acids is 1. The number of hydrogen-bond donors (Lipinski definition) is 4. The van der Waals surface area contributed by atoms with Crippen LogP contribution < -0.4 is 11.1 Å². The number of hydrogen-bond acceptors (Lipinski definition) is 5. The standard InChI is InChI=1S/C10H20N4O4/c1-7(11)14(18-10(17)13-2)6-4-3-5-8(12)9(15)16/h8,11H,3-6,12H2,1-2H3,(H,13,17)(H,15,16). The summed E-state index contributed by atoms with van der Waals surface area (Å²) >= 11 is 0. The Morgan fingerprint density at radius 1 is 1.50 bits per heavy atom. The van der Waals surface area contributed by atoms with E-state index in [0.29, 0.717) is 25.8 Å². The van der Waals surface area contributed by atoms with Crippen molar-refractivity contribution < 1.29 is 19.5 Å². The lowest BCUT2D eigenvalue weighted by atomic mass is 10.1. The summed E-state index contributed by atoms with van der Waals surface area (Å²) in [6.45, 7) is 1.82. The van der Waals surface area contributed by atoms with Crippen LogP contribution in [0.4, 0.5) is 4.79 Å². The summed E-state index contributed by atoms with van der Waals surface area (Å²) in [5, 5.41) is 19.4. The molecule has 0 saturated carbocycles. The van der Waals surface area contributed by atoms with E-state index < -0.39 is 18.1 Å². The van der Waals surface area contributed by atoms with Gasteiger partial charge in [-0.25, -0.2) is 4.79 Å². The minimum atomic E-state index is -1.03. The third-order valence-corrected chi connectivity index (χ3v) is 2.21. The van der Waals surface area contributed by atoms with Crippen LogP contribution >= 0.6 is 0 Å². The zero-order valence-electron chi connectivity index (χ0n) is 10.6. The van der Waals surface area contributed by atoms with Gasteiger partial charge in [-0.2, -0.15) is 5.06 Å². The number of unbranched alkanes of at least 4 members (excludes halogenated alkanes) is 1. The number of hydroxylamine groups is 2. The van der Waals surface area contributed by atoms with Gasteiger partial charge in [-0.15, -0.1) is 0 Å². The van der Waals surface area contributed by atoms with Gasteiger partial charge in [0.15, 0.2) is 0 Å². The molecule has 0 bridgehead atoms. The van der Waals surface area contributed by atoms with Gasteiger partial charge in [-0.05, 0) is 26.2 Å². The van der Waals surface area contributed by atoms with Crippen molar-refractivity contribution in [2.75, 3.05) is 13.6 Å². The lowest BCUT2D eigenvalue weighted by molar-refractivity contribution is -0.138. The van der Waals surface area contributed by atoms with Crippen LogP contribution in [0.2, 0.25) is 0 Å². The summed E-state index contributed by atoms with van der Waals surface area (Å²) in [5.41, 5.74) is 5.34. The van der Waals surface area contributed by atoms with E-state index in [4.69, 9.17) is 21.1 Å². The van der Waals surface area contributed by atoms with Crippen molar-refractivity contribution in [2.24, 2.45) is 5.73 Å². The molecular weight excluding hydrogens is 240 g/mol. The fourth-order valence-electron chi connectivity index (χ4n) is 1.17. The van der Waals surface area contributed by atoms with Crippen LogP contribution in [0.25, 0.3) is 0 Å². The van der Waals surface area contributed by atoms with E-state index in [0.717, 1.165) is 5.06 Å². The number of rotatable bonds is 6. The normalized spacial score (nSPS) is 11.5. The van der Waals surface area contributed by atoms with Crippen LogP contribution in [0, 0.1) is 5.41 Å². The number of nitrogens with zero attached hydrogens (tertiary/aromatic N) is 1. The third kappa shape index (κ3) is 6.69. The highest BCUT2D eigenvalue weighted by Gasteiger charge is 2.13. The summed E-state index contributed by atoms with van der Waals surface area (Å²) < 4.78 is 0. The zero-order valence-corrected chi connectivity index (χ0v) is 10.6. The van der Waals surface area contributed by atoms with Crippen molar-refractivity contribution in [2.45, 2.75) is 32.2 Å². The van der Waals surface area contributed by atoms with E-state index >= 15 is 0 Å². The molecule has 0 aromatic rings. The fourth-order valence-corrected chi connectivity index (χ4v) is 1.17. The molecule has 18 heavy (non-hydrogen) atoms. The number of amidine groups is 1. The molecule has 0 rings (SSSR count). The predicted molar refractivity (Wildman–Crippen MR) is 65.1 cm³/mol. The van der Waals surface area contributed by atoms with Gasteiger partial charge in [-0.3, -0.25) is 10.2 Å². The largest absolute Gasteiger partial charge is 0.480 e. The Labute approximate surface area is 106 Å². The van der Waals surface area contributed by atoms with Crippen LogP contribution in [-0.4, -0.2) is 47.7 Å². The maximum absolute atomic E-state index is 11.0. The molecular formula is C10H20N4O4. The molecule has 0 heterocycles. The van der Waals surface area contributed by atoms with Crippen LogP contribution in [0.15, 0.2) is 0 Å². The first-order valence-electron chi connectivity index (χ1n) is 5.59. The summed E-state index contributed by atoms with van der Waals surface area (Å²) in [4.78, 5) is 26.3. The fraction of sp³-hybridized carbons (Fsp3) is 0.700. The molecule has 8 heteroatoms. The SMILES string of the molecule is CNC(=O)ON(CCCCC(N)C(=O)O)C(C)=N. The van der Waals surface area contributed by atoms with E-state index in [9.17, 15) is 9.59 Å². The van der Waals surface area contributed by atoms with Crippen molar-refractivity contribution in [3.63, 3.8) is 0 Å². The molecule has 1 atom stereocenters. The summed E-state index contributed by atoms with van der Waals surface area (Å²) in [6, 6.07) is -0.876. The Bertz CT molecular complexity index is 308. The average Bonchev–Trinajstić information content (AvgIpc) is 2.31. The quantitative estimate of drug-likeness (QED) is 0.233. The lowest BCUT2D eigenvalue weighted by Crippen LogP contribution is -2.36. The van der Waals surface area contributed by atoms with Gasteiger partial charge in [0.2, 0.25) is 0 Å². The number of carbonyl (C=O) groups is 2. The van der Waals surface area contributed by atoms with Gasteiger partial charge in [0.1, 0.15) is 11.9 Å². The van der Waals surface area contributed by atoms with E-state index in [2.05, 4.69) is 5.32 Å². The van der Waals surface area contributed by atoms with Crippen LogP contribution in [0.3, 0.4) is 0 Å². The van der Waals surface area contributed by atoms with Gasteiger partial charge in [0, 0.05) is 7.05 Å². The van der Waals surface area contributed by atoms with Gasteiger partial charge in [0.05, 0.1) is 6.54 Å². The highest BCUT2D eigenvalue weighted by atomic mass is 16.7. The Hall–Kier alpha value is -1.83. The molecule has 8 nitrogen and oxygen atoms in total. The molecule has 0 radical (unpaired) electrons. The number of nitrogens with one attached hydrogen (secondary N) is 2. The lowest BCUT2D eigenvalue weighted by Gasteiger charge is -2.21. The maximum Gasteiger partial charge on any atom is 0.431 e. The number of nitrogens with two attached hydrogens (primary N) is 1. The second kappa shape index (κ2) is 8.29. The first-order chi connectivity index (χ1) is 8.38. The van der Waals surface area contributed by atoms with Crippen LogP contribution in [0.5, 0.6) is 0 Å². The molecule has 0 aliphatic carbocycles. The monoisotopic (exact) mass is 260 g/mol. The second-order valence-corrected chi connectivity index (χ2v) is 3.76. The first-order valence-corrected chi connectivity index (χ1v) is 5.59. The third-order valence-electron chi connectivity index (χ3n) is 2.21. The summed E-state index contributed by atoms with van der Waals surface area (Å²) in [6.07, 6.45) is 0.853. The molecule has 0 aliphatic rings. The van der Waals surface area contributed by atoms with Gasteiger partial charge < -0.3 is 21.0 Å². The van der Waals surface area contributed by atoms with E-state index in [1.54, 1.807) is 0 Å². The maximum atomic E-state index is 11.0. The molecule has 0 fully saturated rings. The number of carbonyl (C=O) groups excluding carboxylic acids is 1. The molecule has 0 aliphatic heterocycles.